The second-order valence-corrected chi connectivity index (χ2v) is 4.81. The Kier molecular flexibility index (Phi) is 3.83. The Morgan fingerprint density at radius 2 is 2.05 bits per heavy atom. The van der Waals surface area contributed by atoms with Crippen LogP contribution in [-0.2, 0) is 16.0 Å². The van der Waals surface area contributed by atoms with Crippen molar-refractivity contribution < 1.29 is 19.1 Å². The molecular weight excluding hydrogens is 249 g/mol. The highest BCUT2D eigenvalue weighted by atomic mass is 19.1. The van der Waals surface area contributed by atoms with E-state index in [2.05, 4.69) is 0 Å². The Bertz CT molecular complexity index is 499. The van der Waals surface area contributed by atoms with E-state index >= 15 is 0 Å². The summed E-state index contributed by atoms with van der Waals surface area (Å²) in [7, 11) is 0. The third kappa shape index (κ3) is 3.10. The smallest absolute Gasteiger partial charge is 0.326 e. The summed E-state index contributed by atoms with van der Waals surface area (Å²) < 4.78 is 13.5. The quantitative estimate of drug-likeness (QED) is 0.883. The van der Waals surface area contributed by atoms with Crippen LogP contribution >= 0.6 is 0 Å². The molecule has 1 aliphatic carbocycles. The van der Waals surface area contributed by atoms with E-state index in [1.165, 1.54) is 17.9 Å². The van der Waals surface area contributed by atoms with Crippen molar-refractivity contribution in [3.63, 3.8) is 0 Å². The lowest BCUT2D eigenvalue weighted by atomic mass is 10.1. The van der Waals surface area contributed by atoms with Gasteiger partial charge in [0.2, 0.25) is 5.91 Å². The lowest BCUT2D eigenvalue weighted by Crippen LogP contribution is -2.45. The number of aliphatic carboxylic acids is 1. The Labute approximate surface area is 110 Å². The molecule has 0 heterocycles. The first kappa shape index (κ1) is 13.5. The lowest BCUT2D eigenvalue weighted by Gasteiger charge is -2.26. The summed E-state index contributed by atoms with van der Waals surface area (Å²) in [6.45, 7) is 1.49. The fourth-order valence-electron chi connectivity index (χ4n) is 2.10. The molecule has 4 nitrogen and oxygen atoms in total. The van der Waals surface area contributed by atoms with Gasteiger partial charge >= 0.3 is 5.97 Å². The summed E-state index contributed by atoms with van der Waals surface area (Å²) in [4.78, 5) is 24.6. The van der Waals surface area contributed by atoms with Gasteiger partial charge in [-0.1, -0.05) is 18.2 Å². The molecular formula is C14H16FNO3. The van der Waals surface area contributed by atoms with Crippen molar-refractivity contribution in [2.45, 2.75) is 38.3 Å². The van der Waals surface area contributed by atoms with Crippen LogP contribution < -0.4 is 0 Å². The van der Waals surface area contributed by atoms with Gasteiger partial charge in [0.25, 0.3) is 0 Å². The van der Waals surface area contributed by atoms with E-state index in [-0.39, 0.29) is 18.4 Å². The number of carboxylic acids is 1. The third-order valence-corrected chi connectivity index (χ3v) is 3.30. The Morgan fingerprint density at radius 1 is 1.42 bits per heavy atom. The zero-order valence-corrected chi connectivity index (χ0v) is 10.7. The third-order valence-electron chi connectivity index (χ3n) is 3.30. The maximum atomic E-state index is 13.5. The van der Waals surface area contributed by atoms with Gasteiger partial charge in [-0.3, -0.25) is 4.79 Å². The number of hydrogen-bond acceptors (Lipinski definition) is 2. The van der Waals surface area contributed by atoms with Crippen LogP contribution in [0.15, 0.2) is 24.3 Å². The first-order valence-electron chi connectivity index (χ1n) is 6.28. The topological polar surface area (TPSA) is 57.6 Å². The molecule has 2 rings (SSSR count). The Hall–Kier alpha value is -1.91. The van der Waals surface area contributed by atoms with E-state index in [0.29, 0.717) is 5.56 Å². The van der Waals surface area contributed by atoms with Crippen molar-refractivity contribution >= 4 is 11.9 Å². The number of hydrogen-bond donors (Lipinski definition) is 1. The summed E-state index contributed by atoms with van der Waals surface area (Å²) in [6.07, 6.45) is 1.54. The molecule has 0 spiro atoms. The van der Waals surface area contributed by atoms with Crippen molar-refractivity contribution in [3.8, 4) is 0 Å². The molecule has 1 unspecified atom stereocenters. The SMILES string of the molecule is CC(C(=O)O)N(C(=O)Cc1ccccc1F)C1CC1. The molecule has 1 fully saturated rings. The van der Waals surface area contributed by atoms with E-state index in [4.69, 9.17) is 5.11 Å². The highest BCUT2D eigenvalue weighted by Crippen LogP contribution is 2.29. The van der Waals surface area contributed by atoms with Gasteiger partial charge in [-0.15, -0.1) is 0 Å². The first-order valence-corrected chi connectivity index (χ1v) is 6.28. The number of rotatable bonds is 5. The fourth-order valence-corrected chi connectivity index (χ4v) is 2.10. The summed E-state index contributed by atoms with van der Waals surface area (Å²) >= 11 is 0. The van der Waals surface area contributed by atoms with Gasteiger partial charge in [0.05, 0.1) is 6.42 Å². The van der Waals surface area contributed by atoms with Crippen LogP contribution in [0.1, 0.15) is 25.3 Å². The zero-order valence-electron chi connectivity index (χ0n) is 10.7. The van der Waals surface area contributed by atoms with E-state index < -0.39 is 17.8 Å². The Morgan fingerprint density at radius 3 is 2.58 bits per heavy atom. The van der Waals surface area contributed by atoms with Crippen LogP contribution in [0.2, 0.25) is 0 Å². The monoisotopic (exact) mass is 265 g/mol. The van der Waals surface area contributed by atoms with Crippen LogP contribution in [0.25, 0.3) is 0 Å². The molecule has 5 heteroatoms. The molecule has 1 aromatic rings. The highest BCUT2D eigenvalue weighted by molar-refractivity contribution is 5.85. The van der Waals surface area contributed by atoms with Crippen LogP contribution in [-0.4, -0.2) is 34.0 Å². The molecule has 19 heavy (non-hydrogen) atoms. The predicted molar refractivity (Wildman–Crippen MR) is 67.1 cm³/mol. The standard InChI is InChI=1S/C14H16FNO3/c1-9(14(18)19)16(11-6-7-11)13(17)8-10-4-2-3-5-12(10)15/h2-5,9,11H,6-8H2,1H3,(H,18,19). The number of nitrogens with zero attached hydrogens (tertiary/aromatic N) is 1. The van der Waals surface area contributed by atoms with Gasteiger partial charge < -0.3 is 10.0 Å². The first-order chi connectivity index (χ1) is 9.00. The van der Waals surface area contributed by atoms with Crippen molar-refractivity contribution in [2.24, 2.45) is 0 Å². The van der Waals surface area contributed by atoms with Crippen LogP contribution in [0.4, 0.5) is 4.39 Å². The van der Waals surface area contributed by atoms with E-state index in [1.807, 2.05) is 0 Å². The number of amides is 1. The van der Waals surface area contributed by atoms with Crippen molar-refractivity contribution in [1.29, 1.82) is 0 Å². The number of carboxylic acid groups (broad SMARTS) is 1. The summed E-state index contributed by atoms with van der Waals surface area (Å²) in [6, 6.07) is 5.18. The number of carbonyl (C=O) groups is 2. The molecule has 102 valence electrons. The fraction of sp³-hybridized carbons (Fsp3) is 0.429. The van der Waals surface area contributed by atoms with Crippen LogP contribution in [0.5, 0.6) is 0 Å². The molecule has 0 aromatic heterocycles. The van der Waals surface area contributed by atoms with Crippen molar-refractivity contribution in [1.82, 2.24) is 4.90 Å². The van der Waals surface area contributed by atoms with Crippen molar-refractivity contribution in [3.05, 3.63) is 35.6 Å². The molecule has 1 amide bonds. The second kappa shape index (κ2) is 5.38. The molecule has 0 bridgehead atoms. The molecule has 0 aliphatic heterocycles. The highest BCUT2D eigenvalue weighted by Gasteiger charge is 2.38. The molecule has 1 aromatic carbocycles. The minimum absolute atomic E-state index is 0.00891. The predicted octanol–water partition coefficient (Wildman–Crippen LogP) is 1.83. The molecule has 1 aliphatic rings. The van der Waals surface area contributed by atoms with Gasteiger partial charge in [0.15, 0.2) is 0 Å². The average Bonchev–Trinajstić information content (AvgIpc) is 3.16. The summed E-state index contributed by atoms with van der Waals surface area (Å²) in [5.41, 5.74) is 0.302. The summed E-state index contributed by atoms with van der Waals surface area (Å²) in [5, 5.41) is 9.03. The van der Waals surface area contributed by atoms with Gasteiger partial charge in [-0.2, -0.15) is 0 Å². The second-order valence-electron chi connectivity index (χ2n) is 4.81. The average molecular weight is 265 g/mol. The molecule has 1 N–H and O–H groups in total. The number of halogens is 1. The van der Waals surface area contributed by atoms with E-state index in [9.17, 15) is 14.0 Å². The van der Waals surface area contributed by atoms with Gasteiger partial charge in [0.1, 0.15) is 11.9 Å². The minimum Gasteiger partial charge on any atom is -0.480 e. The lowest BCUT2D eigenvalue weighted by molar-refractivity contribution is -0.149. The van der Waals surface area contributed by atoms with E-state index in [1.54, 1.807) is 18.2 Å². The zero-order chi connectivity index (χ0) is 14.0. The summed E-state index contributed by atoms with van der Waals surface area (Å²) in [5.74, 6) is -1.80. The van der Waals surface area contributed by atoms with Gasteiger partial charge in [-0.25, -0.2) is 9.18 Å². The van der Waals surface area contributed by atoms with Gasteiger partial charge in [0, 0.05) is 6.04 Å². The molecule has 1 saturated carbocycles. The minimum atomic E-state index is -1.03. The largest absolute Gasteiger partial charge is 0.480 e. The van der Waals surface area contributed by atoms with Gasteiger partial charge in [-0.05, 0) is 31.4 Å². The molecule has 1 atom stereocenters. The number of carbonyl (C=O) groups excluding carboxylic acids is 1. The maximum Gasteiger partial charge on any atom is 0.326 e. The molecule has 0 radical (unpaired) electrons. The normalized spacial score (nSPS) is 15.9. The maximum absolute atomic E-state index is 13.5. The van der Waals surface area contributed by atoms with Crippen LogP contribution in [0.3, 0.4) is 0 Å². The Balaban J connectivity index is 2.12. The van der Waals surface area contributed by atoms with Crippen LogP contribution in [0, 0.1) is 5.82 Å². The molecule has 0 saturated heterocycles. The van der Waals surface area contributed by atoms with E-state index in [0.717, 1.165) is 12.8 Å². The van der Waals surface area contributed by atoms with Crippen molar-refractivity contribution in [2.75, 3.05) is 0 Å². The number of benzene rings is 1.